The molecule has 3 fully saturated rings. The van der Waals surface area contributed by atoms with Crippen LogP contribution in [0.15, 0.2) is 34.8 Å². The molecule has 5 atom stereocenters. The van der Waals surface area contributed by atoms with Crippen LogP contribution in [0.25, 0.3) is 0 Å². The van der Waals surface area contributed by atoms with Gasteiger partial charge in [-0.15, -0.1) is 11.6 Å². The molecule has 2 N–H and O–H groups in total. The van der Waals surface area contributed by atoms with E-state index in [0.717, 1.165) is 0 Å². The number of alkyl carbamates (subject to hydrolysis) is 1. The third-order valence-corrected chi connectivity index (χ3v) is 10.2. The Morgan fingerprint density at radius 2 is 1.91 bits per heavy atom. The molecule has 1 saturated heterocycles. The van der Waals surface area contributed by atoms with E-state index in [1.54, 1.807) is 0 Å². The van der Waals surface area contributed by atoms with E-state index in [1.807, 2.05) is 0 Å². The maximum Gasteiger partial charge on any atom is 0.407 e. The number of halogens is 4. The van der Waals surface area contributed by atoms with Crippen molar-refractivity contribution < 1.29 is 35.9 Å². The van der Waals surface area contributed by atoms with E-state index in [4.69, 9.17) is 16.3 Å². The smallest absolute Gasteiger partial charge is 0.407 e. The molecule has 5 rings (SSSR count). The predicted octanol–water partition coefficient (Wildman–Crippen LogP) is 3.56. The molecule has 2 bridgehead atoms. The second kappa shape index (κ2) is 8.01. The first-order valence-electron chi connectivity index (χ1n) is 10.7. The zero-order chi connectivity index (χ0) is 24.4. The van der Waals surface area contributed by atoms with E-state index in [-0.39, 0.29) is 41.0 Å². The third-order valence-electron chi connectivity index (χ3n) is 7.16. The Kier molecular flexibility index (Phi) is 5.47. The van der Waals surface area contributed by atoms with Gasteiger partial charge in [0.05, 0.1) is 22.1 Å². The maximum atomic E-state index is 13.7. The van der Waals surface area contributed by atoms with Crippen LogP contribution in [0.5, 0.6) is 0 Å². The largest absolute Gasteiger partial charge is 0.441 e. The van der Waals surface area contributed by atoms with E-state index in [1.165, 1.54) is 12.2 Å². The highest BCUT2D eigenvalue weighted by atomic mass is 35.5. The molecule has 1 aromatic carbocycles. The van der Waals surface area contributed by atoms with Crippen LogP contribution in [0, 0.1) is 29.3 Å². The van der Waals surface area contributed by atoms with Crippen LogP contribution >= 0.6 is 11.6 Å². The molecule has 182 valence electrons. The number of rotatable bonds is 4. The lowest BCUT2D eigenvalue weighted by Crippen LogP contribution is -2.42. The number of carbonyl (C=O) groups excluding carboxylic acids is 2. The van der Waals surface area contributed by atoms with Gasteiger partial charge in [0.25, 0.3) is 5.91 Å². The quantitative estimate of drug-likeness (QED) is 0.471. The first-order chi connectivity index (χ1) is 16.0. The number of sulfone groups is 1. The van der Waals surface area contributed by atoms with Crippen molar-refractivity contribution in [1.29, 1.82) is 0 Å². The average Bonchev–Trinajstić information content (AvgIpc) is 3.45. The van der Waals surface area contributed by atoms with Gasteiger partial charge in [0.2, 0.25) is 0 Å². The van der Waals surface area contributed by atoms with Gasteiger partial charge in [-0.3, -0.25) is 4.79 Å². The van der Waals surface area contributed by atoms with Crippen LogP contribution in [0.3, 0.4) is 0 Å². The summed E-state index contributed by atoms with van der Waals surface area (Å²) in [6.07, 6.45) is 3.79. The minimum absolute atomic E-state index is 0.0466. The number of allylic oxidation sites excluding steroid dienone is 2. The highest BCUT2D eigenvalue weighted by molar-refractivity contribution is 7.96. The molecular formula is C22H20ClF3N2O5S. The Morgan fingerprint density at radius 3 is 2.56 bits per heavy atom. The molecule has 2 amide bonds. The number of hydrogen-bond acceptors (Lipinski definition) is 5. The SMILES string of the molecule is O=C1NC[C@]2(C[C@@H]3CCC2C3S(=O)(=O)C2=CC(C(=O)Nc3cc(F)c(F)c(F)c3)=CCC2Cl)O1. The van der Waals surface area contributed by atoms with E-state index in [2.05, 4.69) is 10.6 Å². The topological polar surface area (TPSA) is 102 Å². The standard InChI is InChI=1S/C22H20ClF3N2O5S/c23-14-4-2-10(20(29)28-12-6-15(24)18(26)16(25)7-12)5-17(14)34(31,32)19-11-1-3-13(19)22(8-11)9-27-21(30)33-22/h2,5-7,11,13-14,19H,1,3-4,8-9H2,(H,27,30)(H,28,29)/t11-,13?,14?,19?,22-/m0/s1. The molecule has 1 aliphatic heterocycles. The summed E-state index contributed by atoms with van der Waals surface area (Å²) in [5.74, 6) is -6.03. The van der Waals surface area contributed by atoms with Gasteiger partial charge in [-0.05, 0) is 37.7 Å². The van der Waals surface area contributed by atoms with Crippen LogP contribution < -0.4 is 10.6 Å². The first kappa shape index (κ1) is 23.2. The molecule has 3 aliphatic carbocycles. The fourth-order valence-corrected chi connectivity index (χ4v) is 8.89. The van der Waals surface area contributed by atoms with Crippen molar-refractivity contribution in [1.82, 2.24) is 5.32 Å². The van der Waals surface area contributed by atoms with Gasteiger partial charge >= 0.3 is 6.09 Å². The van der Waals surface area contributed by atoms with Crippen molar-refractivity contribution in [3.63, 3.8) is 0 Å². The molecule has 1 spiro atoms. The minimum Gasteiger partial charge on any atom is -0.441 e. The van der Waals surface area contributed by atoms with Crippen LogP contribution in [0.4, 0.5) is 23.7 Å². The summed E-state index contributed by atoms with van der Waals surface area (Å²) in [4.78, 5) is 24.3. The van der Waals surface area contributed by atoms with Crippen molar-refractivity contribution in [3.8, 4) is 0 Å². The number of amides is 2. The van der Waals surface area contributed by atoms with Gasteiger partial charge < -0.3 is 15.4 Å². The Bertz CT molecular complexity index is 1240. The molecule has 12 heteroatoms. The predicted molar refractivity (Wildman–Crippen MR) is 116 cm³/mol. The average molecular weight is 517 g/mol. The zero-order valence-corrected chi connectivity index (χ0v) is 19.2. The van der Waals surface area contributed by atoms with Gasteiger partial charge in [0, 0.05) is 29.3 Å². The van der Waals surface area contributed by atoms with Gasteiger partial charge in [-0.25, -0.2) is 26.4 Å². The second-order valence-corrected chi connectivity index (χ2v) is 11.7. The molecule has 34 heavy (non-hydrogen) atoms. The van der Waals surface area contributed by atoms with Crippen molar-refractivity contribution >= 4 is 39.1 Å². The Labute approximate surface area is 198 Å². The van der Waals surface area contributed by atoms with Crippen molar-refractivity contribution in [2.24, 2.45) is 11.8 Å². The number of alkyl halides is 1. The molecule has 3 unspecified atom stereocenters. The Balaban J connectivity index is 1.41. The summed E-state index contributed by atoms with van der Waals surface area (Å²) in [7, 11) is -3.97. The number of hydrogen-bond donors (Lipinski definition) is 2. The highest BCUT2D eigenvalue weighted by Gasteiger charge is 2.65. The highest BCUT2D eigenvalue weighted by Crippen LogP contribution is 2.57. The molecular weight excluding hydrogens is 497 g/mol. The van der Waals surface area contributed by atoms with Crippen LogP contribution in [-0.2, 0) is 19.4 Å². The van der Waals surface area contributed by atoms with E-state index in [9.17, 15) is 31.2 Å². The number of benzene rings is 1. The summed E-state index contributed by atoms with van der Waals surface area (Å²) < 4.78 is 73.1. The number of carbonyl (C=O) groups is 2. The summed E-state index contributed by atoms with van der Waals surface area (Å²) >= 11 is 6.36. The van der Waals surface area contributed by atoms with E-state index in [0.29, 0.717) is 31.4 Å². The Morgan fingerprint density at radius 1 is 1.21 bits per heavy atom. The van der Waals surface area contributed by atoms with E-state index >= 15 is 0 Å². The number of ether oxygens (including phenoxy) is 1. The van der Waals surface area contributed by atoms with Crippen LogP contribution in [-0.4, -0.2) is 43.2 Å². The van der Waals surface area contributed by atoms with Crippen molar-refractivity contribution in [2.75, 3.05) is 11.9 Å². The molecule has 2 saturated carbocycles. The lowest BCUT2D eigenvalue weighted by Gasteiger charge is -2.31. The molecule has 0 aromatic heterocycles. The lowest BCUT2D eigenvalue weighted by atomic mass is 9.84. The van der Waals surface area contributed by atoms with Gasteiger partial charge in [-0.1, -0.05) is 6.08 Å². The second-order valence-electron chi connectivity index (χ2n) is 9.08. The molecule has 7 nitrogen and oxygen atoms in total. The first-order valence-corrected chi connectivity index (χ1v) is 12.7. The van der Waals surface area contributed by atoms with E-state index < -0.39 is 55.5 Å². The summed E-state index contributed by atoms with van der Waals surface area (Å²) in [5.41, 5.74) is -1.23. The minimum atomic E-state index is -3.97. The maximum absolute atomic E-state index is 13.7. The van der Waals surface area contributed by atoms with Crippen molar-refractivity contribution in [2.45, 2.75) is 41.9 Å². The van der Waals surface area contributed by atoms with Gasteiger partial charge in [0.1, 0.15) is 5.60 Å². The third kappa shape index (κ3) is 3.60. The van der Waals surface area contributed by atoms with Crippen molar-refractivity contribution in [3.05, 3.63) is 52.2 Å². The molecule has 1 aromatic rings. The summed E-state index contributed by atoms with van der Waals surface area (Å²) in [6.45, 7) is 0.251. The van der Waals surface area contributed by atoms with Crippen LogP contribution in [0.2, 0.25) is 0 Å². The summed E-state index contributed by atoms with van der Waals surface area (Å²) in [5, 5.41) is 3.17. The number of fused-ring (bicyclic) bond motifs is 3. The molecule has 4 aliphatic rings. The lowest BCUT2D eigenvalue weighted by molar-refractivity contribution is -0.112. The Hall–Kier alpha value is -2.53. The normalized spacial score (nSPS) is 32.3. The number of nitrogens with one attached hydrogen (secondary N) is 2. The molecule has 0 radical (unpaired) electrons. The number of anilines is 1. The fraction of sp³-hybridized carbons (Fsp3) is 0.455. The molecule has 1 heterocycles. The van der Waals surface area contributed by atoms with Gasteiger partial charge in [-0.2, -0.15) is 0 Å². The van der Waals surface area contributed by atoms with Crippen LogP contribution in [0.1, 0.15) is 25.7 Å². The zero-order valence-electron chi connectivity index (χ0n) is 17.6. The summed E-state index contributed by atoms with van der Waals surface area (Å²) in [6, 6.07) is 1.25. The fourth-order valence-electron chi connectivity index (χ4n) is 5.75. The van der Waals surface area contributed by atoms with Gasteiger partial charge in [0.15, 0.2) is 27.3 Å². The monoisotopic (exact) mass is 516 g/mol.